The molecule has 0 aromatic rings. The molecule has 3 nitrogen and oxygen atoms in total. The Hall–Kier alpha value is 0.650. The Morgan fingerprint density at radius 1 is 1.05 bits per heavy atom. The first-order valence-electron chi connectivity index (χ1n) is 8.69. The van der Waals surface area contributed by atoms with Crippen LogP contribution in [0.15, 0.2) is 11.6 Å². The van der Waals surface area contributed by atoms with Crippen molar-refractivity contribution < 1.29 is 42.5 Å². The maximum atomic E-state index is 11.5. The quantitative estimate of drug-likeness (QED) is 0.294. The predicted octanol–water partition coefficient (Wildman–Crippen LogP) is 1.94. The van der Waals surface area contributed by atoms with Gasteiger partial charge in [-0.1, -0.05) is 69.9 Å². The zero-order chi connectivity index (χ0) is 15.6. The van der Waals surface area contributed by atoms with Gasteiger partial charge in [0, 0.05) is 0 Å². The molecule has 124 valence electrons. The minimum absolute atomic E-state index is 0. The molecule has 0 bridgehead atoms. The van der Waals surface area contributed by atoms with E-state index in [1.807, 2.05) is 0 Å². The number of rotatable bonds is 8. The zero-order valence-corrected chi connectivity index (χ0v) is 17.3. The molecular formula is C17H31NaO3S. The van der Waals surface area contributed by atoms with Crippen molar-refractivity contribution in [2.75, 3.05) is 0 Å². The van der Waals surface area contributed by atoms with Crippen LogP contribution >= 0.6 is 0 Å². The van der Waals surface area contributed by atoms with Crippen molar-refractivity contribution in [3.63, 3.8) is 0 Å². The molecular weight excluding hydrogens is 307 g/mol. The molecule has 0 aromatic carbocycles. The SMILES string of the molecule is CCCCCCCC/C=C1/CCCCCCC1S(=O)(=O)[O-].[Na+]. The Bertz CT molecular complexity index is 404. The van der Waals surface area contributed by atoms with Crippen molar-refractivity contribution in [3.8, 4) is 0 Å². The van der Waals surface area contributed by atoms with E-state index in [1.54, 1.807) is 0 Å². The van der Waals surface area contributed by atoms with E-state index in [2.05, 4.69) is 13.0 Å². The maximum absolute atomic E-state index is 11.5. The monoisotopic (exact) mass is 338 g/mol. The van der Waals surface area contributed by atoms with Crippen molar-refractivity contribution in [1.82, 2.24) is 0 Å². The van der Waals surface area contributed by atoms with Crippen molar-refractivity contribution in [2.45, 2.75) is 95.6 Å². The van der Waals surface area contributed by atoms with Crippen molar-refractivity contribution in [1.29, 1.82) is 0 Å². The molecule has 1 saturated carbocycles. The van der Waals surface area contributed by atoms with Gasteiger partial charge in [0.1, 0.15) is 10.1 Å². The summed E-state index contributed by atoms with van der Waals surface area (Å²) in [7, 11) is -4.19. The van der Waals surface area contributed by atoms with Crippen molar-refractivity contribution in [2.24, 2.45) is 0 Å². The fourth-order valence-corrected chi connectivity index (χ4v) is 4.17. The van der Waals surface area contributed by atoms with Crippen LogP contribution in [0.1, 0.15) is 90.4 Å². The summed E-state index contributed by atoms with van der Waals surface area (Å²) in [5.41, 5.74) is 0.901. The molecule has 0 saturated heterocycles. The number of allylic oxidation sites excluding steroid dienone is 1. The van der Waals surface area contributed by atoms with Crippen LogP contribution in [0, 0.1) is 0 Å². The third kappa shape index (κ3) is 9.71. The van der Waals surface area contributed by atoms with Crippen LogP contribution < -0.4 is 29.6 Å². The summed E-state index contributed by atoms with van der Waals surface area (Å²) >= 11 is 0. The van der Waals surface area contributed by atoms with E-state index >= 15 is 0 Å². The molecule has 1 aliphatic rings. The van der Waals surface area contributed by atoms with Gasteiger partial charge >= 0.3 is 29.6 Å². The van der Waals surface area contributed by atoms with Gasteiger partial charge < -0.3 is 4.55 Å². The van der Waals surface area contributed by atoms with Gasteiger partial charge in [-0.2, -0.15) is 0 Å². The van der Waals surface area contributed by atoms with E-state index in [0.29, 0.717) is 6.42 Å². The third-order valence-electron chi connectivity index (χ3n) is 4.41. The summed E-state index contributed by atoms with van der Waals surface area (Å²) in [6.07, 6.45) is 15.8. The van der Waals surface area contributed by atoms with E-state index in [-0.39, 0.29) is 29.6 Å². The largest absolute Gasteiger partial charge is 1.00 e. The predicted molar refractivity (Wildman–Crippen MR) is 87.3 cm³/mol. The van der Waals surface area contributed by atoms with Gasteiger partial charge in [-0.05, 0) is 32.1 Å². The van der Waals surface area contributed by atoms with Crippen LogP contribution in [-0.4, -0.2) is 18.2 Å². The number of hydrogen-bond donors (Lipinski definition) is 0. The van der Waals surface area contributed by atoms with Crippen LogP contribution in [0.4, 0.5) is 0 Å². The minimum Gasteiger partial charge on any atom is -0.747 e. The Morgan fingerprint density at radius 2 is 1.68 bits per heavy atom. The molecule has 0 N–H and O–H groups in total. The number of unbranched alkanes of at least 4 members (excludes halogenated alkanes) is 6. The summed E-state index contributed by atoms with van der Waals surface area (Å²) in [5, 5.41) is -0.752. The van der Waals surface area contributed by atoms with Crippen molar-refractivity contribution in [3.05, 3.63) is 11.6 Å². The standard InChI is InChI=1S/C17H32O3S.Na/c1-2-3-4-5-6-7-10-13-16-14-11-8-9-12-15-17(16)21(18,19)20;/h13,17H,2-12,14-15H2,1H3,(H,18,19,20);/q;+1/p-1/b16-13-;. The molecule has 1 atom stereocenters. The Morgan fingerprint density at radius 3 is 2.36 bits per heavy atom. The summed E-state index contributed by atoms with van der Waals surface area (Å²) in [5.74, 6) is 0. The summed E-state index contributed by atoms with van der Waals surface area (Å²) in [6.45, 7) is 2.21. The first-order valence-corrected chi connectivity index (χ1v) is 10.2. The van der Waals surface area contributed by atoms with Gasteiger partial charge in [-0.3, -0.25) is 0 Å². The van der Waals surface area contributed by atoms with E-state index in [0.717, 1.165) is 50.5 Å². The second kappa shape index (κ2) is 13.0. The van der Waals surface area contributed by atoms with Gasteiger partial charge in [-0.15, -0.1) is 0 Å². The third-order valence-corrected chi connectivity index (χ3v) is 5.64. The van der Waals surface area contributed by atoms with E-state index in [9.17, 15) is 13.0 Å². The van der Waals surface area contributed by atoms with Crippen LogP contribution in [-0.2, 0) is 10.1 Å². The molecule has 1 rings (SSSR count). The fourth-order valence-electron chi connectivity index (χ4n) is 3.13. The van der Waals surface area contributed by atoms with Crippen LogP contribution in [0.2, 0.25) is 0 Å². The summed E-state index contributed by atoms with van der Waals surface area (Å²) < 4.78 is 34.4. The molecule has 22 heavy (non-hydrogen) atoms. The zero-order valence-electron chi connectivity index (χ0n) is 14.5. The average Bonchev–Trinajstić information content (AvgIpc) is 2.38. The smallest absolute Gasteiger partial charge is 0.747 e. The molecule has 0 amide bonds. The summed E-state index contributed by atoms with van der Waals surface area (Å²) in [4.78, 5) is 0. The van der Waals surface area contributed by atoms with E-state index in [1.165, 1.54) is 32.1 Å². The molecule has 1 unspecified atom stereocenters. The van der Waals surface area contributed by atoms with Gasteiger partial charge in [0.25, 0.3) is 0 Å². The van der Waals surface area contributed by atoms with Gasteiger partial charge in [0.15, 0.2) is 0 Å². The van der Waals surface area contributed by atoms with Gasteiger partial charge in [0.05, 0.1) is 5.25 Å². The number of hydrogen-bond acceptors (Lipinski definition) is 3. The fraction of sp³-hybridized carbons (Fsp3) is 0.882. The normalized spacial score (nSPS) is 21.9. The molecule has 0 heterocycles. The van der Waals surface area contributed by atoms with Crippen LogP contribution in [0.25, 0.3) is 0 Å². The van der Waals surface area contributed by atoms with E-state index in [4.69, 9.17) is 0 Å². The van der Waals surface area contributed by atoms with E-state index < -0.39 is 15.4 Å². The molecule has 5 heteroatoms. The Kier molecular flexibility index (Phi) is 13.4. The molecule has 1 aliphatic carbocycles. The summed E-state index contributed by atoms with van der Waals surface area (Å²) in [6, 6.07) is 0. The van der Waals surface area contributed by atoms with Crippen molar-refractivity contribution >= 4 is 10.1 Å². The van der Waals surface area contributed by atoms with Crippen LogP contribution in [0.3, 0.4) is 0 Å². The molecule has 0 aliphatic heterocycles. The first kappa shape index (κ1) is 22.6. The molecule has 1 fully saturated rings. The second-order valence-corrected chi connectivity index (χ2v) is 7.82. The topological polar surface area (TPSA) is 57.2 Å². The maximum Gasteiger partial charge on any atom is 1.00 e. The Labute approximate surface area is 159 Å². The van der Waals surface area contributed by atoms with Crippen LogP contribution in [0.5, 0.6) is 0 Å². The molecule has 0 aromatic heterocycles. The van der Waals surface area contributed by atoms with Gasteiger partial charge in [-0.25, -0.2) is 8.42 Å². The molecule has 0 radical (unpaired) electrons. The van der Waals surface area contributed by atoms with Gasteiger partial charge in [0.2, 0.25) is 0 Å². The average molecular weight is 338 g/mol. The minimum atomic E-state index is -4.19. The second-order valence-electron chi connectivity index (χ2n) is 6.27. The molecule has 0 spiro atoms. The Balaban J connectivity index is 0.00000441. The first-order chi connectivity index (χ1) is 10.1.